The van der Waals surface area contributed by atoms with Crippen molar-refractivity contribution in [1.29, 1.82) is 5.26 Å². The van der Waals surface area contributed by atoms with Crippen LogP contribution in [0.15, 0.2) is 4.90 Å². The molecule has 3 rings (SSSR count). The molecule has 12 radical (unpaired) electrons. The van der Waals surface area contributed by atoms with Crippen molar-refractivity contribution < 1.29 is 17.9 Å². The molecule has 0 unspecified atom stereocenters. The molecule has 1 saturated heterocycles. The van der Waals surface area contributed by atoms with Crippen LogP contribution in [0.1, 0.15) is 5.56 Å². The number of nitrogens with zero attached hydrogens (tertiary/aromatic N) is 2. The second-order valence-electron chi connectivity index (χ2n) is 6.87. The van der Waals surface area contributed by atoms with Crippen molar-refractivity contribution in [1.82, 2.24) is 9.62 Å². The quantitative estimate of drug-likeness (QED) is 0.441. The Labute approximate surface area is 209 Å². The van der Waals surface area contributed by atoms with E-state index in [1.807, 2.05) is 0 Å². The minimum Gasteiger partial charge on any atom is -0.458 e. The fourth-order valence-electron chi connectivity index (χ4n) is 3.13. The molecule has 152 valence electrons. The monoisotopic (exact) mass is 485 g/mol. The van der Waals surface area contributed by atoms with E-state index in [2.05, 4.69) is 5.32 Å². The Kier molecular flexibility index (Phi) is 7.30. The van der Waals surface area contributed by atoms with E-state index in [0.29, 0.717) is 0 Å². The molecule has 1 heterocycles. The average Bonchev–Trinajstić information content (AvgIpc) is 2.77. The second kappa shape index (κ2) is 9.38. The summed E-state index contributed by atoms with van der Waals surface area (Å²) in [7, 11) is 31.1. The summed E-state index contributed by atoms with van der Waals surface area (Å²) in [4.78, 5) is 11.1. The van der Waals surface area contributed by atoms with Crippen LogP contribution in [0.4, 0.5) is 0 Å². The number of hydrogen-bond acceptors (Lipinski definition) is 5. The first-order chi connectivity index (χ1) is 15.3. The number of amides is 1. The van der Waals surface area contributed by atoms with Gasteiger partial charge in [0.1, 0.15) is 63.5 Å². The normalized spacial score (nSPS) is 14.5. The third-order valence-corrected chi connectivity index (χ3v) is 7.60. The topological polar surface area (TPSA) is 99.5 Å². The molecule has 1 aliphatic rings. The summed E-state index contributed by atoms with van der Waals surface area (Å²) in [5.41, 5.74) is -2.38. The summed E-state index contributed by atoms with van der Waals surface area (Å²) < 4.78 is 33.6. The van der Waals surface area contributed by atoms with Gasteiger partial charge in [0.25, 0.3) is 0 Å². The van der Waals surface area contributed by atoms with Crippen LogP contribution in [0.3, 0.4) is 0 Å². The van der Waals surface area contributed by atoms with Crippen LogP contribution in [-0.2, 0) is 14.8 Å². The van der Waals surface area contributed by atoms with Crippen LogP contribution in [0.2, 0.25) is 10.0 Å². The maximum atomic E-state index is 13.5. The molecule has 0 atom stereocenters. The summed E-state index contributed by atoms with van der Waals surface area (Å²) in [5.74, 6) is -1.48. The number of nitriles is 1. The molecule has 0 aromatic heterocycles. The summed E-state index contributed by atoms with van der Waals surface area (Å²) >= 11 is 12.2. The van der Waals surface area contributed by atoms with Gasteiger partial charge in [0.2, 0.25) is 15.9 Å². The molecule has 0 aliphatic carbocycles. The second-order valence-corrected chi connectivity index (χ2v) is 9.51. The molecule has 7 nitrogen and oxygen atoms in total. The summed E-state index contributed by atoms with van der Waals surface area (Å²) in [6, 6.07) is 1.71. The van der Waals surface area contributed by atoms with Gasteiger partial charge in [-0.15, -0.1) is 0 Å². The minimum atomic E-state index is -4.54. The Morgan fingerprint density at radius 3 is 2.00 bits per heavy atom. The largest absolute Gasteiger partial charge is 0.458 e. The number of nitrogens with one attached hydrogen (secondary N) is 1. The predicted octanol–water partition coefficient (Wildman–Crippen LogP) is -4.46. The molecule has 2 aromatic carbocycles. The van der Waals surface area contributed by atoms with Crippen molar-refractivity contribution in [2.45, 2.75) is 4.90 Å². The molecule has 1 N–H and O–H groups in total. The number of ether oxygens (including phenoxy) is 1. The lowest BCUT2D eigenvalue weighted by Gasteiger charge is -2.29. The molecule has 0 bridgehead atoms. The van der Waals surface area contributed by atoms with Crippen molar-refractivity contribution in [3.05, 3.63) is 15.6 Å². The number of halogens is 2. The average molecular weight is 485 g/mol. The van der Waals surface area contributed by atoms with Gasteiger partial charge in [-0.2, -0.15) is 9.57 Å². The number of sulfonamides is 1. The van der Waals surface area contributed by atoms with Gasteiger partial charge in [-0.1, -0.05) is 45.1 Å². The van der Waals surface area contributed by atoms with Crippen molar-refractivity contribution in [2.24, 2.45) is 0 Å². The molecule has 16 heteroatoms. The Morgan fingerprint density at radius 1 is 0.909 bits per heavy atom. The molecule has 1 fully saturated rings. The molecule has 1 aliphatic heterocycles. The molecular formula is C17H7B6Cl2N3O4S. The number of rotatable bonds is 4. The van der Waals surface area contributed by atoms with Crippen molar-refractivity contribution >= 4 is 119 Å². The molecule has 0 spiro atoms. The van der Waals surface area contributed by atoms with Crippen molar-refractivity contribution in [3.63, 3.8) is 0 Å². The maximum Gasteiger partial charge on any atom is 0.246 e. The lowest BCUT2D eigenvalue weighted by molar-refractivity contribution is -0.122. The van der Waals surface area contributed by atoms with Crippen LogP contribution in [-0.4, -0.2) is 85.3 Å². The fraction of sp³-hybridized carbons (Fsp3) is 0.176. The highest BCUT2D eigenvalue weighted by atomic mass is 35.5. The summed E-state index contributed by atoms with van der Waals surface area (Å²) in [6.45, 7) is -0.535. The highest BCUT2D eigenvalue weighted by Crippen LogP contribution is 2.28. The van der Waals surface area contributed by atoms with Crippen molar-refractivity contribution in [2.75, 3.05) is 19.6 Å². The van der Waals surface area contributed by atoms with E-state index >= 15 is 0 Å². The lowest BCUT2D eigenvalue weighted by Crippen LogP contribution is -2.51. The Bertz CT molecular complexity index is 1320. The third kappa shape index (κ3) is 4.32. The third-order valence-electron chi connectivity index (χ3n) is 4.88. The van der Waals surface area contributed by atoms with Crippen LogP contribution in [0, 0.1) is 11.3 Å². The van der Waals surface area contributed by atoms with Crippen LogP contribution in [0.5, 0.6) is 11.5 Å². The molecule has 33 heavy (non-hydrogen) atoms. The molecule has 1 amide bonds. The number of hydrogen-bond donors (Lipinski definition) is 1. The number of benzene rings is 2. The zero-order valence-corrected chi connectivity index (χ0v) is 19.1. The van der Waals surface area contributed by atoms with Gasteiger partial charge < -0.3 is 10.1 Å². The smallest absolute Gasteiger partial charge is 0.246 e. The van der Waals surface area contributed by atoms with Gasteiger partial charge >= 0.3 is 0 Å². The highest BCUT2D eigenvalue weighted by Gasteiger charge is 2.35. The SMILES string of the molecule is [B]c1c(Cl)c([B])c(Oc2c([B])c([B])c(C#N)c([B])c2S(=O)(=O)N2CCNC(=O)C2)c([B])c1Cl. The zero-order valence-electron chi connectivity index (χ0n) is 16.8. The van der Waals surface area contributed by atoms with Crippen LogP contribution < -0.4 is 42.8 Å². The molecule has 0 saturated carbocycles. The first-order valence-corrected chi connectivity index (χ1v) is 11.2. The van der Waals surface area contributed by atoms with E-state index in [1.54, 1.807) is 6.07 Å². The standard InChI is InChI=1S/C17H7B6Cl2N3O4S/c18-7-5(3-26)8(19)17(33(30,31)28-2-1-27-6(29)4-28)16(9(7)20)32-15-11(22)13(24)10(21)14(25)12(15)23/h1-2,4H2,(H,27,29). The van der Waals surface area contributed by atoms with Gasteiger partial charge in [0, 0.05) is 28.7 Å². The van der Waals surface area contributed by atoms with Crippen LogP contribution in [0.25, 0.3) is 0 Å². The maximum absolute atomic E-state index is 13.5. The van der Waals surface area contributed by atoms with E-state index in [4.69, 9.17) is 75.0 Å². The lowest BCUT2D eigenvalue weighted by atomic mass is 9.72. The number of carbonyl (C=O) groups excluding carboxylic acids is 1. The summed E-state index contributed by atoms with van der Waals surface area (Å²) in [5, 5.41) is 11.6. The van der Waals surface area contributed by atoms with Crippen LogP contribution >= 0.6 is 23.2 Å². The van der Waals surface area contributed by atoms with E-state index in [1.165, 1.54) is 0 Å². The Morgan fingerprint density at radius 2 is 1.48 bits per heavy atom. The van der Waals surface area contributed by atoms with Crippen molar-refractivity contribution in [3.8, 4) is 17.6 Å². The Balaban J connectivity index is 2.34. The first-order valence-electron chi connectivity index (χ1n) is 9.01. The molecular weight excluding hydrogens is 478 g/mol. The van der Waals surface area contributed by atoms with E-state index in [9.17, 15) is 18.5 Å². The Hall–Kier alpha value is -1.92. The zero-order chi connectivity index (χ0) is 24.8. The summed E-state index contributed by atoms with van der Waals surface area (Å²) in [6.07, 6.45) is 0. The van der Waals surface area contributed by atoms with Gasteiger partial charge in [0.05, 0.1) is 12.6 Å². The van der Waals surface area contributed by atoms with Gasteiger partial charge in [-0.05, 0) is 10.9 Å². The predicted molar refractivity (Wildman–Crippen MR) is 132 cm³/mol. The van der Waals surface area contributed by atoms with Gasteiger partial charge in [-0.25, -0.2) is 8.42 Å². The van der Waals surface area contributed by atoms with E-state index in [-0.39, 0.29) is 50.7 Å². The highest BCUT2D eigenvalue weighted by molar-refractivity contribution is 7.89. The van der Waals surface area contributed by atoms with Gasteiger partial charge in [0.15, 0.2) is 0 Å². The fourth-order valence-corrected chi connectivity index (χ4v) is 5.18. The number of piperazine rings is 1. The first kappa shape index (κ1) is 25.7. The number of carbonyl (C=O) groups is 1. The molecule has 2 aromatic rings. The van der Waals surface area contributed by atoms with E-state index in [0.717, 1.165) is 4.31 Å². The minimum absolute atomic E-state index is 0.0484. The van der Waals surface area contributed by atoms with E-state index < -0.39 is 49.6 Å². The van der Waals surface area contributed by atoms with Gasteiger partial charge in [-0.3, -0.25) is 4.79 Å².